The second-order valence-corrected chi connectivity index (χ2v) is 7.95. The van der Waals surface area contributed by atoms with E-state index in [1.165, 1.54) is 12.4 Å². The first kappa shape index (κ1) is 17.1. The van der Waals surface area contributed by atoms with Crippen molar-refractivity contribution >= 4 is 17.7 Å². The van der Waals surface area contributed by atoms with E-state index in [0.29, 0.717) is 5.56 Å². The highest BCUT2D eigenvalue weighted by molar-refractivity contribution is 6.09. The molecule has 1 aliphatic heterocycles. The summed E-state index contributed by atoms with van der Waals surface area (Å²) in [6.45, 7) is 0. The largest absolute Gasteiger partial charge is 0.272 e. The average molecular weight is 395 g/mol. The van der Waals surface area contributed by atoms with Gasteiger partial charge < -0.3 is 0 Å². The number of aromatic nitrogens is 1. The smallest absolute Gasteiger partial charge is 0.270 e. The summed E-state index contributed by atoms with van der Waals surface area (Å²) in [5.74, 6) is -2.58. The first-order valence-corrected chi connectivity index (χ1v) is 9.93. The van der Waals surface area contributed by atoms with Gasteiger partial charge in [0.1, 0.15) is 0 Å². The number of imide groups is 1. The Kier molecular flexibility index (Phi) is 3.47. The van der Waals surface area contributed by atoms with Crippen molar-refractivity contribution < 1.29 is 14.4 Å². The summed E-state index contributed by atoms with van der Waals surface area (Å²) >= 11 is 0. The van der Waals surface area contributed by atoms with Crippen LogP contribution in [-0.2, 0) is 9.59 Å². The summed E-state index contributed by atoms with van der Waals surface area (Å²) in [5, 5.41) is 0.940. The zero-order valence-corrected chi connectivity index (χ0v) is 15.9. The molecule has 0 saturated carbocycles. The summed E-state index contributed by atoms with van der Waals surface area (Å²) in [6, 6.07) is 19.2. The van der Waals surface area contributed by atoms with Crippen LogP contribution < -0.4 is 5.43 Å². The fourth-order valence-corrected chi connectivity index (χ4v) is 5.46. The Bertz CT molecular complexity index is 1110. The SMILES string of the molecule is O=C(NN1C(=O)[C@@H]2C3c4ccccc4C(c4ccccc43)[C@@H]2C1=O)c1ccncc1. The monoisotopic (exact) mass is 395 g/mol. The molecule has 0 spiro atoms. The normalized spacial score (nSPS) is 25.5. The second kappa shape index (κ2) is 6.10. The fraction of sp³-hybridized carbons (Fsp3) is 0.167. The molecule has 1 aromatic heterocycles. The Balaban J connectivity index is 1.44. The average Bonchev–Trinajstić information content (AvgIpc) is 3.05. The molecule has 2 aromatic carbocycles. The van der Waals surface area contributed by atoms with Crippen LogP contribution in [0.2, 0.25) is 0 Å². The molecule has 1 saturated heterocycles. The Morgan fingerprint density at radius 2 is 1.17 bits per heavy atom. The Morgan fingerprint density at radius 1 is 0.733 bits per heavy atom. The highest BCUT2D eigenvalue weighted by Gasteiger charge is 2.62. The maximum atomic E-state index is 13.4. The van der Waals surface area contributed by atoms with Gasteiger partial charge in [0.15, 0.2) is 0 Å². The minimum Gasteiger partial charge on any atom is -0.272 e. The van der Waals surface area contributed by atoms with Crippen molar-refractivity contribution in [1.29, 1.82) is 0 Å². The molecule has 2 bridgehead atoms. The number of rotatable bonds is 2. The third-order valence-corrected chi connectivity index (χ3v) is 6.60. The van der Waals surface area contributed by atoms with Gasteiger partial charge in [0.2, 0.25) is 0 Å². The zero-order valence-electron chi connectivity index (χ0n) is 15.9. The summed E-state index contributed by atoms with van der Waals surface area (Å²) in [5.41, 5.74) is 7.29. The van der Waals surface area contributed by atoms with Gasteiger partial charge in [-0.05, 0) is 34.4 Å². The third-order valence-electron chi connectivity index (χ3n) is 6.60. The van der Waals surface area contributed by atoms with E-state index >= 15 is 0 Å². The van der Waals surface area contributed by atoms with Crippen molar-refractivity contribution in [1.82, 2.24) is 15.4 Å². The topological polar surface area (TPSA) is 79.4 Å². The minimum absolute atomic E-state index is 0.188. The van der Waals surface area contributed by atoms with Gasteiger partial charge in [-0.25, -0.2) is 0 Å². The maximum absolute atomic E-state index is 13.4. The van der Waals surface area contributed by atoms with Crippen LogP contribution >= 0.6 is 0 Å². The summed E-state index contributed by atoms with van der Waals surface area (Å²) in [6.07, 6.45) is 2.99. The first-order chi connectivity index (χ1) is 14.7. The Labute approximate surface area is 172 Å². The van der Waals surface area contributed by atoms with E-state index in [2.05, 4.69) is 34.7 Å². The molecule has 3 aliphatic carbocycles. The van der Waals surface area contributed by atoms with Gasteiger partial charge in [-0.2, -0.15) is 5.01 Å². The molecule has 0 unspecified atom stereocenters. The van der Waals surface area contributed by atoms with E-state index in [0.717, 1.165) is 27.3 Å². The predicted molar refractivity (Wildman–Crippen MR) is 107 cm³/mol. The van der Waals surface area contributed by atoms with E-state index in [-0.39, 0.29) is 23.7 Å². The molecular weight excluding hydrogens is 378 g/mol. The highest BCUT2D eigenvalue weighted by atomic mass is 16.2. The van der Waals surface area contributed by atoms with Gasteiger partial charge >= 0.3 is 0 Å². The number of nitrogens with one attached hydrogen (secondary N) is 1. The molecule has 2 heterocycles. The molecule has 1 N–H and O–H groups in total. The number of carbonyl (C=O) groups excluding carboxylic acids is 3. The second-order valence-electron chi connectivity index (χ2n) is 7.95. The lowest BCUT2D eigenvalue weighted by molar-refractivity contribution is -0.142. The molecule has 6 nitrogen and oxygen atoms in total. The van der Waals surface area contributed by atoms with Crippen molar-refractivity contribution in [3.63, 3.8) is 0 Å². The molecule has 3 aromatic rings. The molecule has 6 heteroatoms. The van der Waals surface area contributed by atoms with Crippen LogP contribution in [0.15, 0.2) is 73.1 Å². The summed E-state index contributed by atoms with van der Waals surface area (Å²) in [4.78, 5) is 43.3. The van der Waals surface area contributed by atoms with E-state index < -0.39 is 17.7 Å². The standard InChI is InChI=1S/C24H17N3O3/c28-22(13-9-11-25-12-10-13)26-27-23(29)20-18-14-5-1-2-6-15(14)19(21(20)24(27)30)17-8-4-3-7-16(17)18/h1-12,18-21H,(H,26,28)/t18?,19?,20-,21+. The van der Waals surface area contributed by atoms with Crippen LogP contribution in [0.4, 0.5) is 0 Å². The Hall–Kier alpha value is -3.80. The van der Waals surface area contributed by atoms with Crippen LogP contribution in [0.5, 0.6) is 0 Å². The van der Waals surface area contributed by atoms with Crippen molar-refractivity contribution in [2.75, 3.05) is 0 Å². The molecule has 30 heavy (non-hydrogen) atoms. The van der Waals surface area contributed by atoms with Gasteiger partial charge in [-0.3, -0.25) is 24.8 Å². The number of benzene rings is 2. The quantitative estimate of drug-likeness (QED) is 0.677. The van der Waals surface area contributed by atoms with Gasteiger partial charge in [-0.15, -0.1) is 0 Å². The van der Waals surface area contributed by atoms with E-state index in [1.54, 1.807) is 12.1 Å². The zero-order chi connectivity index (χ0) is 20.4. The lowest BCUT2D eigenvalue weighted by Gasteiger charge is -2.45. The molecule has 146 valence electrons. The van der Waals surface area contributed by atoms with Crippen LogP contribution in [-0.4, -0.2) is 27.7 Å². The van der Waals surface area contributed by atoms with Crippen molar-refractivity contribution in [2.24, 2.45) is 11.8 Å². The van der Waals surface area contributed by atoms with E-state index in [9.17, 15) is 14.4 Å². The number of nitrogens with zero attached hydrogens (tertiary/aromatic N) is 2. The first-order valence-electron chi connectivity index (χ1n) is 9.93. The lowest BCUT2D eigenvalue weighted by Crippen LogP contribution is -2.46. The third kappa shape index (κ3) is 2.13. The number of hydrazine groups is 1. The van der Waals surface area contributed by atoms with Gasteiger partial charge in [0, 0.05) is 29.8 Å². The van der Waals surface area contributed by atoms with Crippen molar-refractivity contribution in [2.45, 2.75) is 11.8 Å². The molecule has 1 fully saturated rings. The molecule has 0 radical (unpaired) electrons. The Morgan fingerprint density at radius 3 is 1.60 bits per heavy atom. The van der Waals surface area contributed by atoms with Crippen molar-refractivity contribution in [3.8, 4) is 0 Å². The lowest BCUT2D eigenvalue weighted by atomic mass is 9.55. The molecule has 3 amide bonds. The number of amides is 3. The van der Waals surface area contributed by atoms with E-state index in [4.69, 9.17) is 0 Å². The van der Waals surface area contributed by atoms with Crippen LogP contribution in [0, 0.1) is 11.8 Å². The van der Waals surface area contributed by atoms with Crippen LogP contribution in [0.3, 0.4) is 0 Å². The summed E-state index contributed by atoms with van der Waals surface area (Å²) < 4.78 is 0. The molecule has 2 atom stereocenters. The number of pyridine rings is 1. The number of carbonyl (C=O) groups is 3. The van der Waals surface area contributed by atoms with Crippen LogP contribution in [0.1, 0.15) is 44.4 Å². The van der Waals surface area contributed by atoms with Crippen LogP contribution in [0.25, 0.3) is 0 Å². The highest BCUT2D eigenvalue weighted by Crippen LogP contribution is 2.60. The summed E-state index contributed by atoms with van der Waals surface area (Å²) in [7, 11) is 0. The van der Waals surface area contributed by atoms with Gasteiger partial charge in [0.05, 0.1) is 11.8 Å². The maximum Gasteiger partial charge on any atom is 0.270 e. The number of hydrogen-bond donors (Lipinski definition) is 1. The van der Waals surface area contributed by atoms with Crippen molar-refractivity contribution in [3.05, 3.63) is 101 Å². The van der Waals surface area contributed by atoms with E-state index in [1.807, 2.05) is 24.3 Å². The minimum atomic E-state index is -0.509. The van der Waals surface area contributed by atoms with Gasteiger partial charge in [0.25, 0.3) is 17.7 Å². The molecular formula is C24H17N3O3. The fourth-order valence-electron chi connectivity index (χ4n) is 5.46. The van der Waals surface area contributed by atoms with Gasteiger partial charge in [-0.1, -0.05) is 48.5 Å². The molecule has 7 rings (SSSR count). The number of hydrogen-bond acceptors (Lipinski definition) is 4. The molecule has 4 aliphatic rings. The predicted octanol–water partition coefficient (Wildman–Crippen LogP) is 2.62.